The normalized spacial score (nSPS) is 12.1. The lowest BCUT2D eigenvalue weighted by Gasteiger charge is -2.19. The highest BCUT2D eigenvalue weighted by Crippen LogP contribution is 2.23. The summed E-state index contributed by atoms with van der Waals surface area (Å²) in [5.74, 6) is -1.07. The monoisotopic (exact) mass is 364 g/mol. The molecule has 140 valence electrons. The number of hydrogen-bond donors (Lipinski definition) is 2. The summed E-state index contributed by atoms with van der Waals surface area (Å²) < 4.78 is 2.06. The molecular formula is C22H24N2O3. The Balaban J connectivity index is 1.71. The number of nitrogens with one attached hydrogen (secondary N) is 1. The van der Waals surface area contributed by atoms with Crippen molar-refractivity contribution >= 4 is 22.8 Å². The van der Waals surface area contributed by atoms with E-state index in [1.807, 2.05) is 56.6 Å². The van der Waals surface area contributed by atoms with Gasteiger partial charge < -0.3 is 15.0 Å². The molecule has 1 unspecified atom stereocenters. The largest absolute Gasteiger partial charge is 0.481 e. The Morgan fingerprint density at radius 3 is 2.56 bits per heavy atom. The molecule has 1 heterocycles. The zero-order valence-electron chi connectivity index (χ0n) is 15.6. The molecule has 0 saturated carbocycles. The third kappa shape index (κ3) is 4.37. The molecule has 1 aromatic heterocycles. The van der Waals surface area contributed by atoms with E-state index in [0.29, 0.717) is 12.8 Å². The number of rotatable bonds is 7. The van der Waals surface area contributed by atoms with Gasteiger partial charge in [0.25, 0.3) is 0 Å². The quantitative estimate of drug-likeness (QED) is 0.671. The third-order valence-electron chi connectivity index (χ3n) is 4.88. The molecule has 0 fully saturated rings. The van der Waals surface area contributed by atoms with Gasteiger partial charge in [0.05, 0.1) is 12.5 Å². The maximum atomic E-state index is 12.5. The minimum absolute atomic E-state index is 0.134. The standard InChI is InChI=1S/C22H24N2O3/c1-15-7-3-4-8-17(15)19(13-22(26)27)23-21(25)12-11-16-14-24(2)20-10-6-5-9-18(16)20/h3-10,14,19H,11-13H2,1-2H3,(H,23,25)(H,26,27). The number of carbonyl (C=O) groups excluding carboxylic acids is 1. The highest BCUT2D eigenvalue weighted by Gasteiger charge is 2.19. The molecule has 27 heavy (non-hydrogen) atoms. The van der Waals surface area contributed by atoms with Crippen LogP contribution in [0.4, 0.5) is 0 Å². The van der Waals surface area contributed by atoms with E-state index >= 15 is 0 Å². The van der Waals surface area contributed by atoms with Crippen molar-refractivity contribution in [3.8, 4) is 0 Å². The van der Waals surface area contributed by atoms with Crippen molar-refractivity contribution in [2.75, 3.05) is 0 Å². The smallest absolute Gasteiger partial charge is 0.305 e. The summed E-state index contributed by atoms with van der Waals surface area (Å²) in [4.78, 5) is 23.8. The first kappa shape index (κ1) is 18.7. The molecule has 5 heteroatoms. The number of nitrogens with zero attached hydrogens (tertiary/aromatic N) is 1. The molecule has 0 aliphatic heterocycles. The number of fused-ring (bicyclic) bond motifs is 1. The van der Waals surface area contributed by atoms with Crippen molar-refractivity contribution in [1.82, 2.24) is 9.88 Å². The summed E-state index contributed by atoms with van der Waals surface area (Å²) in [5, 5.41) is 13.3. The molecule has 0 bridgehead atoms. The lowest BCUT2D eigenvalue weighted by molar-refractivity contribution is -0.137. The first-order chi connectivity index (χ1) is 13.0. The Morgan fingerprint density at radius 1 is 1.11 bits per heavy atom. The maximum Gasteiger partial charge on any atom is 0.305 e. The van der Waals surface area contributed by atoms with E-state index in [2.05, 4.69) is 22.0 Å². The lowest BCUT2D eigenvalue weighted by atomic mass is 9.98. The Labute approximate surface area is 158 Å². The molecule has 0 aliphatic rings. The van der Waals surface area contributed by atoms with Crippen LogP contribution in [0.25, 0.3) is 10.9 Å². The van der Waals surface area contributed by atoms with Gasteiger partial charge in [0.1, 0.15) is 0 Å². The summed E-state index contributed by atoms with van der Waals surface area (Å²) in [5.41, 5.74) is 4.07. The second-order valence-corrected chi connectivity index (χ2v) is 6.86. The van der Waals surface area contributed by atoms with Gasteiger partial charge in [0.2, 0.25) is 5.91 Å². The van der Waals surface area contributed by atoms with Gasteiger partial charge >= 0.3 is 5.97 Å². The zero-order chi connectivity index (χ0) is 19.4. The van der Waals surface area contributed by atoms with Gasteiger partial charge in [-0.25, -0.2) is 0 Å². The fraction of sp³-hybridized carbons (Fsp3) is 0.273. The number of carboxylic acids is 1. The van der Waals surface area contributed by atoms with Crippen molar-refractivity contribution in [3.05, 3.63) is 71.4 Å². The predicted molar refractivity (Wildman–Crippen MR) is 106 cm³/mol. The number of carboxylic acid groups (broad SMARTS) is 1. The molecule has 3 aromatic rings. The van der Waals surface area contributed by atoms with Gasteiger partial charge in [0.15, 0.2) is 0 Å². The third-order valence-corrected chi connectivity index (χ3v) is 4.88. The molecule has 0 spiro atoms. The molecule has 5 nitrogen and oxygen atoms in total. The highest BCUT2D eigenvalue weighted by molar-refractivity contribution is 5.85. The molecule has 2 aromatic carbocycles. The second-order valence-electron chi connectivity index (χ2n) is 6.86. The van der Waals surface area contributed by atoms with Gasteiger partial charge in [-0.1, -0.05) is 42.5 Å². The zero-order valence-corrected chi connectivity index (χ0v) is 15.6. The van der Waals surface area contributed by atoms with E-state index in [4.69, 9.17) is 0 Å². The molecular weight excluding hydrogens is 340 g/mol. The van der Waals surface area contributed by atoms with E-state index in [1.165, 1.54) is 0 Å². The van der Waals surface area contributed by atoms with Gasteiger partial charge in [-0.2, -0.15) is 0 Å². The SMILES string of the molecule is Cc1ccccc1C(CC(=O)O)NC(=O)CCc1cn(C)c2ccccc12. The molecule has 1 amide bonds. The molecule has 0 radical (unpaired) electrons. The highest BCUT2D eigenvalue weighted by atomic mass is 16.4. The number of carbonyl (C=O) groups is 2. The molecule has 2 N–H and O–H groups in total. The van der Waals surface area contributed by atoms with Crippen LogP contribution < -0.4 is 5.32 Å². The molecule has 0 saturated heterocycles. The van der Waals surface area contributed by atoms with E-state index in [9.17, 15) is 14.7 Å². The second kappa shape index (κ2) is 8.08. The van der Waals surface area contributed by atoms with Crippen molar-refractivity contribution in [3.63, 3.8) is 0 Å². The topological polar surface area (TPSA) is 71.3 Å². The number of aliphatic carboxylic acids is 1. The number of aromatic nitrogens is 1. The summed E-state index contributed by atoms with van der Waals surface area (Å²) in [7, 11) is 1.99. The van der Waals surface area contributed by atoms with Crippen LogP contribution in [-0.4, -0.2) is 21.6 Å². The minimum atomic E-state index is -0.933. The lowest BCUT2D eigenvalue weighted by Crippen LogP contribution is -2.30. The fourth-order valence-electron chi connectivity index (χ4n) is 3.53. The first-order valence-corrected chi connectivity index (χ1v) is 9.05. The number of para-hydroxylation sites is 1. The maximum absolute atomic E-state index is 12.5. The fourth-order valence-corrected chi connectivity index (χ4v) is 3.53. The number of aryl methyl sites for hydroxylation is 3. The van der Waals surface area contributed by atoms with Crippen LogP contribution in [0.15, 0.2) is 54.7 Å². The first-order valence-electron chi connectivity index (χ1n) is 9.05. The van der Waals surface area contributed by atoms with E-state index in [-0.39, 0.29) is 12.3 Å². The van der Waals surface area contributed by atoms with Gasteiger partial charge in [-0.3, -0.25) is 9.59 Å². The Bertz CT molecular complexity index is 975. The molecule has 1 atom stereocenters. The summed E-state index contributed by atoms with van der Waals surface area (Å²) >= 11 is 0. The van der Waals surface area contributed by atoms with Crippen molar-refractivity contribution in [1.29, 1.82) is 0 Å². The van der Waals surface area contributed by atoms with Crippen LogP contribution in [0.3, 0.4) is 0 Å². The molecule has 0 aliphatic carbocycles. The summed E-state index contributed by atoms with van der Waals surface area (Å²) in [6.07, 6.45) is 2.84. The van der Waals surface area contributed by atoms with E-state index in [1.54, 1.807) is 0 Å². The van der Waals surface area contributed by atoms with Crippen LogP contribution in [0, 0.1) is 6.92 Å². The van der Waals surface area contributed by atoms with Crippen molar-refractivity contribution in [2.24, 2.45) is 7.05 Å². The number of hydrogen-bond acceptors (Lipinski definition) is 2. The Kier molecular flexibility index (Phi) is 5.60. The van der Waals surface area contributed by atoms with Crippen molar-refractivity contribution < 1.29 is 14.7 Å². The van der Waals surface area contributed by atoms with Crippen LogP contribution in [-0.2, 0) is 23.1 Å². The van der Waals surface area contributed by atoms with Gasteiger partial charge in [-0.15, -0.1) is 0 Å². The van der Waals surface area contributed by atoms with Crippen LogP contribution in [0.5, 0.6) is 0 Å². The van der Waals surface area contributed by atoms with Crippen LogP contribution in [0.1, 0.15) is 35.6 Å². The average molecular weight is 364 g/mol. The Hall–Kier alpha value is -3.08. The Morgan fingerprint density at radius 2 is 1.81 bits per heavy atom. The molecule has 3 rings (SSSR count). The minimum Gasteiger partial charge on any atom is -0.481 e. The average Bonchev–Trinajstić information content (AvgIpc) is 2.96. The van der Waals surface area contributed by atoms with Crippen LogP contribution >= 0.6 is 0 Å². The van der Waals surface area contributed by atoms with Gasteiger partial charge in [-0.05, 0) is 36.1 Å². The van der Waals surface area contributed by atoms with Crippen molar-refractivity contribution in [2.45, 2.75) is 32.2 Å². The van der Waals surface area contributed by atoms with E-state index in [0.717, 1.165) is 27.6 Å². The van der Waals surface area contributed by atoms with Crippen LogP contribution in [0.2, 0.25) is 0 Å². The summed E-state index contributed by atoms with van der Waals surface area (Å²) in [6, 6.07) is 15.1. The summed E-state index contributed by atoms with van der Waals surface area (Å²) in [6.45, 7) is 1.92. The number of amides is 1. The number of benzene rings is 2. The van der Waals surface area contributed by atoms with Gasteiger partial charge in [0, 0.05) is 30.6 Å². The van der Waals surface area contributed by atoms with E-state index < -0.39 is 12.0 Å². The predicted octanol–water partition coefficient (Wildman–Crippen LogP) is 3.75.